The fraction of sp³-hybridized carbons (Fsp3) is 0.263. The van der Waals surface area contributed by atoms with Crippen molar-refractivity contribution < 1.29 is 0 Å². The second-order valence-electron chi connectivity index (χ2n) is 17.6. The SMILES string of the molecule is c1ccc2c(c1)Cc1cc(NCCCNCc3cc(CNCCCNc4ccc5c(c4)Cc4ccccc4-5)cc(CNCCCNc4ccc5c(c4)Cc4ccccc4-5)c3)ccc1-2. The molecule has 63 heavy (non-hydrogen) atoms. The van der Waals surface area contributed by atoms with Gasteiger partial charge in [0.25, 0.3) is 0 Å². The molecule has 0 spiro atoms. The van der Waals surface area contributed by atoms with Crippen molar-refractivity contribution in [2.24, 2.45) is 0 Å². The molecule has 10 rings (SSSR count). The summed E-state index contributed by atoms with van der Waals surface area (Å²) in [5, 5.41) is 22.2. The molecule has 3 aliphatic rings. The summed E-state index contributed by atoms with van der Waals surface area (Å²) in [5.41, 5.74) is 24.6. The van der Waals surface area contributed by atoms with Crippen LogP contribution in [0.2, 0.25) is 0 Å². The van der Waals surface area contributed by atoms with E-state index in [1.807, 2.05) is 0 Å². The van der Waals surface area contributed by atoms with Crippen molar-refractivity contribution in [1.29, 1.82) is 0 Å². The Morgan fingerprint density at radius 2 is 0.587 bits per heavy atom. The van der Waals surface area contributed by atoms with Crippen molar-refractivity contribution in [2.75, 3.05) is 55.2 Å². The smallest absolute Gasteiger partial charge is 0.0343 e. The van der Waals surface area contributed by atoms with Crippen LogP contribution >= 0.6 is 0 Å². The summed E-state index contributed by atoms with van der Waals surface area (Å²) in [5.74, 6) is 0. The Kier molecular flexibility index (Phi) is 12.6. The van der Waals surface area contributed by atoms with Gasteiger partial charge in [-0.2, -0.15) is 0 Å². The molecule has 0 unspecified atom stereocenters. The molecule has 3 aliphatic carbocycles. The molecular formula is C57H60N6. The van der Waals surface area contributed by atoms with Crippen LogP contribution in [-0.2, 0) is 38.9 Å². The summed E-state index contributed by atoms with van der Waals surface area (Å²) >= 11 is 0. The molecule has 318 valence electrons. The first-order valence-electron chi connectivity index (χ1n) is 23.3. The number of hydrogen-bond acceptors (Lipinski definition) is 6. The van der Waals surface area contributed by atoms with Crippen LogP contribution in [0, 0.1) is 0 Å². The molecule has 0 bridgehead atoms. The van der Waals surface area contributed by atoms with E-state index in [0.29, 0.717) is 0 Å². The van der Waals surface area contributed by atoms with Gasteiger partial charge in [0.2, 0.25) is 0 Å². The lowest BCUT2D eigenvalue weighted by Gasteiger charge is -2.14. The monoisotopic (exact) mass is 828 g/mol. The number of hydrogen-bond donors (Lipinski definition) is 6. The second-order valence-corrected chi connectivity index (χ2v) is 17.6. The molecule has 0 amide bonds. The van der Waals surface area contributed by atoms with Crippen LogP contribution in [0.1, 0.15) is 69.3 Å². The Balaban J connectivity index is 0.679. The minimum Gasteiger partial charge on any atom is -0.385 e. The average Bonchev–Trinajstić information content (AvgIpc) is 4.00. The fourth-order valence-electron chi connectivity index (χ4n) is 9.95. The zero-order valence-corrected chi connectivity index (χ0v) is 36.5. The van der Waals surface area contributed by atoms with Crippen molar-refractivity contribution >= 4 is 17.1 Å². The molecule has 0 fully saturated rings. The highest BCUT2D eigenvalue weighted by atomic mass is 14.9. The molecule has 7 aromatic carbocycles. The summed E-state index contributed by atoms with van der Waals surface area (Å²) in [7, 11) is 0. The Morgan fingerprint density at radius 1 is 0.286 bits per heavy atom. The van der Waals surface area contributed by atoms with Crippen LogP contribution in [0.15, 0.2) is 146 Å². The van der Waals surface area contributed by atoms with E-state index in [-0.39, 0.29) is 0 Å². The molecule has 0 atom stereocenters. The fourth-order valence-corrected chi connectivity index (χ4v) is 9.95. The van der Waals surface area contributed by atoms with Crippen LogP contribution < -0.4 is 31.9 Å². The van der Waals surface area contributed by atoms with Gasteiger partial charge in [-0.3, -0.25) is 0 Å². The Hall–Kier alpha value is -6.18. The zero-order valence-electron chi connectivity index (χ0n) is 36.5. The number of rotatable bonds is 21. The lowest BCUT2D eigenvalue weighted by molar-refractivity contribution is 0.644. The summed E-state index contributed by atoms with van der Waals surface area (Å²) in [4.78, 5) is 0. The van der Waals surface area contributed by atoms with Crippen molar-refractivity contribution in [3.8, 4) is 33.4 Å². The van der Waals surface area contributed by atoms with E-state index < -0.39 is 0 Å². The summed E-state index contributed by atoms with van der Waals surface area (Å²) in [6, 6.07) is 54.1. The van der Waals surface area contributed by atoms with Crippen LogP contribution in [-0.4, -0.2) is 39.3 Å². The quantitative estimate of drug-likeness (QED) is 0.0406. The van der Waals surface area contributed by atoms with Crippen LogP contribution in [0.3, 0.4) is 0 Å². The molecule has 0 saturated carbocycles. The first kappa shape index (κ1) is 40.9. The lowest BCUT2D eigenvalue weighted by atomic mass is 10.0. The zero-order chi connectivity index (χ0) is 42.2. The highest BCUT2D eigenvalue weighted by molar-refractivity contribution is 5.80. The van der Waals surface area contributed by atoms with Crippen molar-refractivity contribution in [1.82, 2.24) is 16.0 Å². The highest BCUT2D eigenvalue weighted by Crippen LogP contribution is 2.40. The van der Waals surface area contributed by atoms with Crippen molar-refractivity contribution in [3.63, 3.8) is 0 Å². The standard InChI is InChI=1S/C57H60N6/c1-4-13-52-43(10-1)31-46-34-49(16-19-55(46)52)61-25-7-22-58-37-40-28-41(38-59-23-8-26-62-50-17-20-56-47(35-50)32-44-11-2-5-14-53(44)56)30-42(29-40)39-60-24-9-27-63-51-18-21-57-48(36-51)33-45-12-3-6-15-54(45)57/h1-6,10-21,28-30,34-36,58-63H,7-9,22-27,31-33,37-39H2. The number of anilines is 3. The lowest BCUT2D eigenvalue weighted by Crippen LogP contribution is -2.21. The molecule has 6 N–H and O–H groups in total. The van der Waals surface area contributed by atoms with Gasteiger partial charge in [-0.25, -0.2) is 0 Å². The van der Waals surface area contributed by atoms with Crippen molar-refractivity contribution in [3.05, 3.63) is 196 Å². The van der Waals surface area contributed by atoms with Gasteiger partial charge in [-0.1, -0.05) is 109 Å². The van der Waals surface area contributed by atoms with E-state index in [9.17, 15) is 0 Å². The van der Waals surface area contributed by atoms with E-state index in [2.05, 4.69) is 177 Å². The van der Waals surface area contributed by atoms with E-state index in [1.165, 1.54) is 101 Å². The Morgan fingerprint density at radius 3 is 0.921 bits per heavy atom. The molecule has 6 heteroatoms. The van der Waals surface area contributed by atoms with E-state index in [0.717, 1.165) is 97.4 Å². The summed E-state index contributed by atoms with van der Waals surface area (Å²) in [6.07, 6.45) is 6.27. The maximum Gasteiger partial charge on any atom is 0.0343 e. The summed E-state index contributed by atoms with van der Waals surface area (Å²) in [6.45, 7) is 8.33. The molecular weight excluding hydrogens is 769 g/mol. The van der Waals surface area contributed by atoms with Crippen LogP contribution in [0.5, 0.6) is 0 Å². The third-order valence-corrected chi connectivity index (χ3v) is 13.1. The van der Waals surface area contributed by atoms with Gasteiger partial charge in [0, 0.05) is 56.3 Å². The first-order valence-corrected chi connectivity index (χ1v) is 23.3. The Labute approximate surface area is 374 Å². The third kappa shape index (κ3) is 9.74. The van der Waals surface area contributed by atoms with E-state index >= 15 is 0 Å². The second kappa shape index (κ2) is 19.5. The van der Waals surface area contributed by atoms with Gasteiger partial charge in [0.05, 0.1) is 0 Å². The minimum atomic E-state index is 0.865. The highest BCUT2D eigenvalue weighted by Gasteiger charge is 2.20. The summed E-state index contributed by atoms with van der Waals surface area (Å²) < 4.78 is 0. The molecule has 0 aromatic heterocycles. The maximum atomic E-state index is 3.74. The topological polar surface area (TPSA) is 72.2 Å². The largest absolute Gasteiger partial charge is 0.385 e. The van der Waals surface area contributed by atoms with Gasteiger partial charge in [0.1, 0.15) is 0 Å². The van der Waals surface area contributed by atoms with Gasteiger partial charge in [0.15, 0.2) is 0 Å². The van der Waals surface area contributed by atoms with Crippen molar-refractivity contribution in [2.45, 2.75) is 58.2 Å². The first-order chi connectivity index (χ1) is 31.2. The Bertz CT molecular complexity index is 2390. The average molecular weight is 829 g/mol. The maximum absolute atomic E-state index is 3.74. The molecule has 7 aromatic rings. The van der Waals surface area contributed by atoms with Gasteiger partial charge < -0.3 is 31.9 Å². The predicted molar refractivity (Wildman–Crippen MR) is 265 cm³/mol. The predicted octanol–water partition coefficient (Wildman–Crippen LogP) is 11.2. The number of fused-ring (bicyclic) bond motifs is 9. The minimum absolute atomic E-state index is 0.865. The van der Waals surface area contributed by atoms with Gasteiger partial charge >= 0.3 is 0 Å². The molecule has 0 saturated heterocycles. The number of nitrogens with one attached hydrogen (secondary N) is 6. The van der Waals surface area contributed by atoms with Gasteiger partial charge in [-0.15, -0.1) is 0 Å². The molecule has 0 radical (unpaired) electrons. The van der Waals surface area contributed by atoms with Crippen LogP contribution in [0.4, 0.5) is 17.1 Å². The van der Waals surface area contributed by atoms with Gasteiger partial charge in [-0.05, 0) is 178 Å². The third-order valence-electron chi connectivity index (χ3n) is 13.1. The molecule has 6 nitrogen and oxygen atoms in total. The number of benzene rings is 7. The molecule has 0 aliphatic heterocycles. The van der Waals surface area contributed by atoms with Crippen LogP contribution in [0.25, 0.3) is 33.4 Å². The normalized spacial score (nSPS) is 12.6. The molecule has 0 heterocycles. The van der Waals surface area contributed by atoms with E-state index in [4.69, 9.17) is 0 Å². The van der Waals surface area contributed by atoms with E-state index in [1.54, 1.807) is 0 Å².